The molecule has 2 rings (SSSR count). The molecule has 1 heterocycles. The first-order chi connectivity index (χ1) is 10.5. The highest BCUT2D eigenvalue weighted by Crippen LogP contribution is 2.27. The van der Waals surface area contributed by atoms with Gasteiger partial charge in [-0.1, -0.05) is 44.2 Å². The van der Waals surface area contributed by atoms with Crippen molar-refractivity contribution in [2.45, 2.75) is 33.2 Å². The Kier molecular flexibility index (Phi) is 5.69. The number of aliphatic hydroxyl groups excluding tert-OH is 1. The van der Waals surface area contributed by atoms with Crippen molar-refractivity contribution in [1.29, 1.82) is 0 Å². The number of carbonyl (C=O) groups is 1. The number of amides is 1. The minimum Gasteiger partial charge on any atom is -0.394 e. The maximum atomic E-state index is 12.4. The Morgan fingerprint density at radius 1 is 1.32 bits per heavy atom. The van der Waals surface area contributed by atoms with Crippen LogP contribution in [0.25, 0.3) is 10.6 Å². The fraction of sp³-hybridized carbons (Fsp3) is 0.412. The number of aromatic nitrogens is 1. The minimum atomic E-state index is -0.214. The minimum absolute atomic E-state index is 0.0483. The lowest BCUT2D eigenvalue weighted by atomic mass is 10.0. The first kappa shape index (κ1) is 16.6. The number of nitrogens with zero attached hydrogens (tertiary/aromatic N) is 1. The van der Waals surface area contributed by atoms with Crippen LogP contribution in [0.3, 0.4) is 0 Å². The summed E-state index contributed by atoms with van der Waals surface area (Å²) in [7, 11) is 0. The quantitative estimate of drug-likeness (QED) is 0.859. The van der Waals surface area contributed by atoms with Gasteiger partial charge in [-0.3, -0.25) is 4.79 Å². The molecular formula is C17H22N2O2S. The van der Waals surface area contributed by atoms with Gasteiger partial charge in [0.25, 0.3) is 5.91 Å². The molecule has 0 spiro atoms. The van der Waals surface area contributed by atoms with E-state index in [1.165, 1.54) is 11.3 Å². The van der Waals surface area contributed by atoms with Gasteiger partial charge in [0.15, 0.2) is 0 Å². The maximum absolute atomic E-state index is 12.4. The van der Waals surface area contributed by atoms with E-state index in [1.54, 1.807) is 0 Å². The number of hydrogen-bond acceptors (Lipinski definition) is 4. The highest BCUT2D eigenvalue weighted by atomic mass is 32.1. The topological polar surface area (TPSA) is 62.2 Å². The van der Waals surface area contributed by atoms with E-state index in [1.807, 2.05) is 37.3 Å². The third kappa shape index (κ3) is 4.15. The summed E-state index contributed by atoms with van der Waals surface area (Å²) in [5, 5.41) is 13.1. The monoisotopic (exact) mass is 318 g/mol. The molecule has 1 aromatic heterocycles. The Labute approximate surface area is 135 Å². The second-order valence-electron chi connectivity index (χ2n) is 5.78. The molecule has 4 nitrogen and oxygen atoms in total. The average Bonchev–Trinajstić information content (AvgIpc) is 2.89. The first-order valence-corrected chi connectivity index (χ1v) is 8.27. The zero-order valence-electron chi connectivity index (χ0n) is 13.2. The van der Waals surface area contributed by atoms with Crippen LogP contribution in [0.1, 0.15) is 35.6 Å². The van der Waals surface area contributed by atoms with E-state index in [0.717, 1.165) is 22.7 Å². The predicted octanol–water partition coefficient (Wildman–Crippen LogP) is 3.26. The lowest BCUT2D eigenvalue weighted by Gasteiger charge is -2.17. The van der Waals surface area contributed by atoms with Crippen LogP contribution in [0.5, 0.6) is 0 Å². The van der Waals surface area contributed by atoms with Gasteiger partial charge >= 0.3 is 0 Å². The average molecular weight is 318 g/mol. The summed E-state index contributed by atoms with van der Waals surface area (Å²) in [6, 6.07) is 9.61. The van der Waals surface area contributed by atoms with Crippen LogP contribution in [-0.2, 0) is 0 Å². The molecule has 118 valence electrons. The molecule has 0 radical (unpaired) electrons. The largest absolute Gasteiger partial charge is 0.394 e. The highest BCUT2D eigenvalue weighted by Gasteiger charge is 2.19. The molecule has 2 aromatic rings. The van der Waals surface area contributed by atoms with Gasteiger partial charge in [0.2, 0.25) is 0 Å². The van der Waals surface area contributed by atoms with Crippen LogP contribution in [0, 0.1) is 12.8 Å². The van der Waals surface area contributed by atoms with E-state index in [0.29, 0.717) is 10.8 Å². The van der Waals surface area contributed by atoms with Crippen LogP contribution >= 0.6 is 11.3 Å². The molecule has 0 aliphatic rings. The van der Waals surface area contributed by atoms with Crippen LogP contribution in [0.4, 0.5) is 0 Å². The third-order valence-corrected chi connectivity index (χ3v) is 4.54. The predicted molar refractivity (Wildman–Crippen MR) is 90.1 cm³/mol. The molecule has 1 unspecified atom stereocenters. The fourth-order valence-electron chi connectivity index (χ4n) is 2.31. The van der Waals surface area contributed by atoms with E-state index in [4.69, 9.17) is 0 Å². The summed E-state index contributed by atoms with van der Waals surface area (Å²) in [5.41, 5.74) is 1.73. The summed E-state index contributed by atoms with van der Waals surface area (Å²) in [6.45, 7) is 5.93. The lowest BCUT2D eigenvalue weighted by Crippen LogP contribution is -2.38. The molecule has 0 aliphatic heterocycles. The summed E-state index contributed by atoms with van der Waals surface area (Å²) in [6.07, 6.45) is 0.756. The van der Waals surface area contributed by atoms with E-state index < -0.39 is 0 Å². The van der Waals surface area contributed by atoms with E-state index in [2.05, 4.69) is 24.1 Å². The Hall–Kier alpha value is -1.72. The number of rotatable bonds is 6. The number of carbonyl (C=O) groups excluding carboxylic acids is 1. The zero-order valence-corrected chi connectivity index (χ0v) is 14.0. The lowest BCUT2D eigenvalue weighted by molar-refractivity contribution is 0.0911. The Balaban J connectivity index is 2.15. The van der Waals surface area contributed by atoms with E-state index >= 15 is 0 Å². The number of benzene rings is 1. The Morgan fingerprint density at radius 3 is 2.59 bits per heavy atom. The van der Waals surface area contributed by atoms with Crippen molar-refractivity contribution in [3.05, 3.63) is 40.9 Å². The van der Waals surface area contributed by atoms with Crippen LogP contribution in [0.15, 0.2) is 30.3 Å². The van der Waals surface area contributed by atoms with Gasteiger partial charge in [0, 0.05) is 5.56 Å². The molecule has 0 aliphatic carbocycles. The highest BCUT2D eigenvalue weighted by molar-refractivity contribution is 7.17. The molecule has 1 amide bonds. The van der Waals surface area contributed by atoms with Crippen molar-refractivity contribution in [2.75, 3.05) is 6.61 Å². The van der Waals surface area contributed by atoms with Gasteiger partial charge in [0.1, 0.15) is 9.88 Å². The summed E-state index contributed by atoms with van der Waals surface area (Å²) >= 11 is 1.39. The standard InChI is InChI=1S/C17H22N2O2S/c1-11(2)9-14(10-20)19-16(21)15-12(3)18-17(22-15)13-7-5-4-6-8-13/h4-8,11,14,20H,9-10H2,1-3H3,(H,19,21). The molecule has 5 heteroatoms. The van der Waals surface area contributed by atoms with Crippen molar-refractivity contribution in [2.24, 2.45) is 5.92 Å². The number of nitrogens with one attached hydrogen (secondary N) is 1. The summed E-state index contributed by atoms with van der Waals surface area (Å²) in [4.78, 5) is 17.5. The zero-order chi connectivity index (χ0) is 16.1. The van der Waals surface area contributed by atoms with Crippen molar-refractivity contribution in [3.8, 4) is 10.6 Å². The summed E-state index contributed by atoms with van der Waals surface area (Å²) < 4.78 is 0. The number of thiazole rings is 1. The SMILES string of the molecule is Cc1nc(-c2ccccc2)sc1C(=O)NC(CO)CC(C)C. The van der Waals surface area contributed by atoms with Gasteiger partial charge in [0.05, 0.1) is 18.3 Å². The van der Waals surface area contributed by atoms with Gasteiger partial charge in [-0.2, -0.15) is 0 Å². The molecule has 2 N–H and O–H groups in total. The molecule has 0 saturated heterocycles. The van der Waals surface area contributed by atoms with Crippen LogP contribution < -0.4 is 5.32 Å². The van der Waals surface area contributed by atoms with Gasteiger partial charge in [-0.15, -0.1) is 11.3 Å². The van der Waals surface area contributed by atoms with Gasteiger partial charge in [-0.25, -0.2) is 4.98 Å². The molecule has 1 aromatic carbocycles. The van der Waals surface area contributed by atoms with Crippen molar-refractivity contribution >= 4 is 17.2 Å². The molecule has 0 fully saturated rings. The molecule has 0 saturated carbocycles. The van der Waals surface area contributed by atoms with Crippen LogP contribution in [-0.4, -0.2) is 28.6 Å². The summed E-state index contributed by atoms with van der Waals surface area (Å²) in [5.74, 6) is 0.261. The van der Waals surface area contributed by atoms with Crippen molar-refractivity contribution in [1.82, 2.24) is 10.3 Å². The third-order valence-electron chi connectivity index (χ3n) is 3.34. The number of aryl methyl sites for hydroxylation is 1. The second-order valence-corrected chi connectivity index (χ2v) is 6.78. The maximum Gasteiger partial charge on any atom is 0.263 e. The van der Waals surface area contributed by atoms with E-state index in [-0.39, 0.29) is 18.6 Å². The Bertz CT molecular complexity index is 623. The molecular weight excluding hydrogens is 296 g/mol. The molecule has 0 bridgehead atoms. The Morgan fingerprint density at radius 2 is 2.00 bits per heavy atom. The normalized spacial score (nSPS) is 12.4. The second kappa shape index (κ2) is 7.51. The molecule has 1 atom stereocenters. The van der Waals surface area contributed by atoms with Crippen molar-refractivity contribution in [3.63, 3.8) is 0 Å². The van der Waals surface area contributed by atoms with Gasteiger partial charge < -0.3 is 10.4 Å². The number of aliphatic hydroxyl groups is 1. The fourth-order valence-corrected chi connectivity index (χ4v) is 3.29. The van der Waals surface area contributed by atoms with Crippen molar-refractivity contribution < 1.29 is 9.90 Å². The van der Waals surface area contributed by atoms with Gasteiger partial charge in [-0.05, 0) is 19.3 Å². The number of hydrogen-bond donors (Lipinski definition) is 2. The van der Waals surface area contributed by atoms with E-state index in [9.17, 15) is 9.90 Å². The smallest absolute Gasteiger partial charge is 0.263 e. The van der Waals surface area contributed by atoms with Crippen LogP contribution in [0.2, 0.25) is 0 Å². The molecule has 22 heavy (non-hydrogen) atoms. The first-order valence-electron chi connectivity index (χ1n) is 7.45.